The van der Waals surface area contributed by atoms with E-state index in [1.165, 1.54) is 48.8 Å². The Labute approximate surface area is 181 Å². The third kappa shape index (κ3) is 4.20. The average molecular weight is 412 g/mol. The van der Waals surface area contributed by atoms with Crippen molar-refractivity contribution < 1.29 is 9.47 Å². The molecule has 5 heteroatoms. The Bertz CT molecular complexity index is 807. The number of benzene rings is 1. The van der Waals surface area contributed by atoms with Crippen LogP contribution in [0.3, 0.4) is 0 Å². The van der Waals surface area contributed by atoms with Crippen LogP contribution in [0.4, 0.5) is 0 Å². The van der Waals surface area contributed by atoms with E-state index in [9.17, 15) is 0 Å². The van der Waals surface area contributed by atoms with E-state index in [-0.39, 0.29) is 0 Å². The summed E-state index contributed by atoms with van der Waals surface area (Å²) in [6, 6.07) is 7.61. The van der Waals surface area contributed by atoms with Gasteiger partial charge < -0.3 is 9.47 Å². The number of nitrogens with zero attached hydrogens (tertiary/aromatic N) is 2. The summed E-state index contributed by atoms with van der Waals surface area (Å²) in [7, 11) is 1.72. The maximum absolute atomic E-state index is 5.77. The minimum atomic E-state index is 0.300. The van der Waals surface area contributed by atoms with Gasteiger partial charge in [-0.3, -0.25) is 10.00 Å². The number of ether oxygens (including phenoxy) is 2. The first-order chi connectivity index (χ1) is 14.7. The van der Waals surface area contributed by atoms with Crippen molar-refractivity contribution in [2.24, 2.45) is 5.92 Å². The molecule has 1 aliphatic heterocycles. The molecule has 3 atom stereocenters. The highest BCUT2D eigenvalue weighted by molar-refractivity contribution is 5.64. The van der Waals surface area contributed by atoms with Gasteiger partial charge in [-0.05, 0) is 62.3 Å². The smallest absolute Gasteiger partial charge is 0.0700 e. The first-order valence-corrected chi connectivity index (χ1v) is 11.6. The number of methoxy groups -OCH3 is 1. The molecule has 1 aromatic carbocycles. The van der Waals surface area contributed by atoms with Gasteiger partial charge in [0.05, 0.1) is 26.0 Å². The monoisotopic (exact) mass is 411 g/mol. The molecule has 1 aliphatic carbocycles. The van der Waals surface area contributed by atoms with Gasteiger partial charge in [-0.1, -0.05) is 31.0 Å². The average Bonchev–Trinajstić information content (AvgIpc) is 3.30. The molecule has 3 unspecified atom stereocenters. The lowest BCUT2D eigenvalue weighted by molar-refractivity contribution is -0.0124. The number of likely N-dealkylation sites (tertiary alicyclic amines) is 1. The van der Waals surface area contributed by atoms with Crippen molar-refractivity contribution in [3.63, 3.8) is 0 Å². The number of nitrogens with one attached hydrogen (secondary N) is 1. The number of hydrogen-bond acceptors (Lipinski definition) is 4. The molecule has 2 aliphatic rings. The Morgan fingerprint density at radius 1 is 1.17 bits per heavy atom. The number of rotatable bonds is 8. The van der Waals surface area contributed by atoms with Gasteiger partial charge in [-0.15, -0.1) is 0 Å². The van der Waals surface area contributed by atoms with Gasteiger partial charge in [0.1, 0.15) is 0 Å². The number of aromatic nitrogens is 2. The first-order valence-electron chi connectivity index (χ1n) is 11.6. The molecule has 0 bridgehead atoms. The second-order valence-electron chi connectivity index (χ2n) is 9.16. The van der Waals surface area contributed by atoms with Crippen molar-refractivity contribution in [1.82, 2.24) is 15.1 Å². The number of hydrogen-bond donors (Lipinski definition) is 1. The van der Waals surface area contributed by atoms with E-state index in [2.05, 4.69) is 47.1 Å². The van der Waals surface area contributed by atoms with Gasteiger partial charge in [0.2, 0.25) is 0 Å². The van der Waals surface area contributed by atoms with Gasteiger partial charge in [-0.2, -0.15) is 5.10 Å². The van der Waals surface area contributed by atoms with Crippen LogP contribution < -0.4 is 0 Å². The van der Waals surface area contributed by atoms with E-state index >= 15 is 0 Å². The fraction of sp³-hybridized carbons (Fsp3) is 0.640. The molecule has 2 aromatic rings. The number of fused-ring (bicyclic) bond motifs is 1. The topological polar surface area (TPSA) is 50.4 Å². The summed E-state index contributed by atoms with van der Waals surface area (Å²) in [5.41, 5.74) is 5.78. The van der Waals surface area contributed by atoms with Crippen molar-refractivity contribution in [3.05, 3.63) is 41.7 Å². The van der Waals surface area contributed by atoms with Crippen LogP contribution in [0, 0.1) is 12.8 Å². The molecule has 1 saturated heterocycles. The fourth-order valence-corrected chi connectivity index (χ4v) is 6.04. The maximum Gasteiger partial charge on any atom is 0.0700 e. The van der Waals surface area contributed by atoms with E-state index in [4.69, 9.17) is 9.47 Å². The van der Waals surface area contributed by atoms with Crippen LogP contribution >= 0.6 is 0 Å². The number of piperidine rings is 1. The summed E-state index contributed by atoms with van der Waals surface area (Å²) in [6.07, 6.45) is 10.5. The molecule has 2 fully saturated rings. The summed E-state index contributed by atoms with van der Waals surface area (Å²) in [5.74, 6) is 0.706. The summed E-state index contributed by atoms with van der Waals surface area (Å²) in [5, 5.41) is 7.13. The van der Waals surface area contributed by atoms with Crippen LogP contribution in [-0.2, 0) is 14.9 Å². The zero-order valence-corrected chi connectivity index (χ0v) is 18.8. The Morgan fingerprint density at radius 2 is 2.07 bits per heavy atom. The third-order valence-corrected chi connectivity index (χ3v) is 7.66. The molecule has 2 heterocycles. The van der Waals surface area contributed by atoms with Crippen LogP contribution in [0.2, 0.25) is 0 Å². The van der Waals surface area contributed by atoms with Crippen molar-refractivity contribution in [3.8, 4) is 11.1 Å². The van der Waals surface area contributed by atoms with Crippen molar-refractivity contribution in [1.29, 1.82) is 0 Å². The van der Waals surface area contributed by atoms with Gasteiger partial charge >= 0.3 is 0 Å². The number of aryl methyl sites for hydroxylation is 1. The summed E-state index contributed by atoms with van der Waals surface area (Å²) in [6.45, 7) is 9.08. The molecule has 164 valence electrons. The molecule has 1 aromatic heterocycles. The lowest BCUT2D eigenvalue weighted by atomic mass is 9.56. The predicted octanol–water partition coefficient (Wildman–Crippen LogP) is 4.57. The van der Waals surface area contributed by atoms with Gasteiger partial charge in [0, 0.05) is 36.9 Å². The Balaban J connectivity index is 1.56. The Morgan fingerprint density at radius 3 is 2.87 bits per heavy atom. The molecule has 4 rings (SSSR count). The van der Waals surface area contributed by atoms with Crippen LogP contribution in [0.15, 0.2) is 30.6 Å². The highest BCUT2D eigenvalue weighted by Crippen LogP contribution is 2.52. The van der Waals surface area contributed by atoms with Crippen LogP contribution in [-0.4, -0.2) is 61.2 Å². The third-order valence-electron chi connectivity index (χ3n) is 7.66. The molecule has 5 nitrogen and oxygen atoms in total. The van der Waals surface area contributed by atoms with Crippen molar-refractivity contribution >= 4 is 0 Å². The van der Waals surface area contributed by atoms with E-state index in [1.54, 1.807) is 12.7 Å². The standard InChI is InChI=1S/C25H37N3O2/c1-19-7-8-21(22-17-26-27-18-22)16-24(19)25-9-5-4-6-23(25)20(2)28(11-10-25)12-13-30-15-14-29-3/h7-8,16-18,20,23H,4-6,9-15H2,1-3H3,(H,26,27). The number of H-pyrrole nitrogens is 1. The summed E-state index contributed by atoms with van der Waals surface area (Å²) >= 11 is 0. The highest BCUT2D eigenvalue weighted by atomic mass is 16.5. The predicted molar refractivity (Wildman–Crippen MR) is 121 cm³/mol. The summed E-state index contributed by atoms with van der Waals surface area (Å²) in [4.78, 5) is 2.66. The zero-order valence-electron chi connectivity index (χ0n) is 18.8. The molecule has 1 N–H and O–H groups in total. The molecule has 0 amide bonds. The Kier molecular flexibility index (Phi) is 6.91. The minimum Gasteiger partial charge on any atom is -0.382 e. The fourth-order valence-electron chi connectivity index (χ4n) is 6.04. The van der Waals surface area contributed by atoms with Crippen LogP contribution in [0.25, 0.3) is 11.1 Å². The van der Waals surface area contributed by atoms with Crippen molar-refractivity contribution in [2.45, 2.75) is 57.4 Å². The van der Waals surface area contributed by atoms with Crippen molar-refractivity contribution in [2.75, 3.05) is 40.0 Å². The minimum absolute atomic E-state index is 0.300. The molecule has 0 radical (unpaired) electrons. The summed E-state index contributed by atoms with van der Waals surface area (Å²) < 4.78 is 10.9. The van der Waals surface area contributed by atoms with Crippen LogP contribution in [0.1, 0.15) is 50.2 Å². The number of aromatic amines is 1. The lowest BCUT2D eigenvalue weighted by Crippen LogP contribution is -2.57. The maximum atomic E-state index is 5.77. The SMILES string of the molecule is COCCOCCN1CCC2(c3cc(-c4cn[nH]c4)ccc3C)CCCCC2C1C. The molecule has 30 heavy (non-hydrogen) atoms. The van der Waals surface area contributed by atoms with Gasteiger partial charge in [0.25, 0.3) is 0 Å². The quantitative estimate of drug-likeness (QED) is 0.647. The molecular formula is C25H37N3O2. The first kappa shape index (κ1) is 21.5. The van der Waals surface area contributed by atoms with E-state index in [1.807, 2.05) is 12.4 Å². The largest absolute Gasteiger partial charge is 0.382 e. The van der Waals surface area contributed by atoms with Gasteiger partial charge in [0.15, 0.2) is 0 Å². The lowest BCUT2D eigenvalue weighted by Gasteiger charge is -2.55. The van der Waals surface area contributed by atoms with Crippen LogP contribution in [0.5, 0.6) is 0 Å². The Hall–Kier alpha value is -1.69. The van der Waals surface area contributed by atoms with E-state index < -0.39 is 0 Å². The molecule has 0 spiro atoms. The van der Waals surface area contributed by atoms with Gasteiger partial charge in [-0.25, -0.2) is 0 Å². The second kappa shape index (κ2) is 9.63. The van der Waals surface area contributed by atoms with E-state index in [0.717, 1.165) is 19.7 Å². The zero-order chi connectivity index (χ0) is 21.0. The molecule has 1 saturated carbocycles. The van der Waals surface area contributed by atoms with E-state index in [0.29, 0.717) is 30.6 Å². The molecular weight excluding hydrogens is 374 g/mol. The highest BCUT2D eigenvalue weighted by Gasteiger charge is 2.49. The normalized spacial score (nSPS) is 27.2. The second-order valence-corrected chi connectivity index (χ2v) is 9.16.